The van der Waals surface area contributed by atoms with Crippen LogP contribution in [0.25, 0.3) is 5.65 Å². The van der Waals surface area contributed by atoms with Gasteiger partial charge < -0.3 is 15.0 Å². The third kappa shape index (κ3) is 3.11. The Morgan fingerprint density at radius 3 is 2.44 bits per heavy atom. The average molecular weight is 366 g/mol. The van der Waals surface area contributed by atoms with Gasteiger partial charge in [0.2, 0.25) is 11.8 Å². The summed E-state index contributed by atoms with van der Waals surface area (Å²) < 4.78 is 1.93. The van der Waals surface area contributed by atoms with E-state index in [0.29, 0.717) is 6.54 Å². The summed E-state index contributed by atoms with van der Waals surface area (Å²) in [5.41, 5.74) is 1.47. The number of hydrogen-bond donors (Lipinski definition) is 2. The van der Waals surface area contributed by atoms with Crippen LogP contribution in [0.2, 0.25) is 0 Å². The number of carbonyl (C=O) groups is 2. The molecule has 2 heterocycles. The number of fused-ring (bicyclic) bond motifs is 1. The maximum absolute atomic E-state index is 12.9. The monoisotopic (exact) mass is 366 g/mol. The third-order valence-electron chi connectivity index (χ3n) is 6.81. The zero-order chi connectivity index (χ0) is 18.4. The molecule has 6 rings (SSSR count). The van der Waals surface area contributed by atoms with Gasteiger partial charge in [-0.2, -0.15) is 0 Å². The van der Waals surface area contributed by atoms with E-state index in [1.54, 1.807) is 0 Å². The van der Waals surface area contributed by atoms with Crippen molar-refractivity contribution in [1.82, 2.24) is 20.0 Å². The molecular formula is C21H26N4O2. The molecule has 2 aromatic heterocycles. The summed E-state index contributed by atoms with van der Waals surface area (Å²) in [5, 5.41) is 5.79. The quantitative estimate of drug-likeness (QED) is 0.852. The molecule has 0 atom stereocenters. The van der Waals surface area contributed by atoms with Gasteiger partial charge in [0.05, 0.1) is 18.8 Å². The number of nitrogens with one attached hydrogen (secondary N) is 2. The average Bonchev–Trinajstić information content (AvgIpc) is 3.06. The molecular weight excluding hydrogens is 340 g/mol. The van der Waals surface area contributed by atoms with Gasteiger partial charge >= 0.3 is 0 Å². The molecule has 2 amide bonds. The van der Waals surface area contributed by atoms with Gasteiger partial charge in [0.15, 0.2) is 0 Å². The number of carbonyl (C=O) groups excluding carboxylic acids is 2. The van der Waals surface area contributed by atoms with Gasteiger partial charge in [0, 0.05) is 17.8 Å². The maximum atomic E-state index is 12.9. The van der Waals surface area contributed by atoms with E-state index in [0.717, 1.165) is 48.4 Å². The first-order chi connectivity index (χ1) is 13.1. The fraction of sp³-hybridized carbons (Fsp3) is 0.571. The van der Waals surface area contributed by atoms with Crippen molar-refractivity contribution in [2.75, 3.05) is 6.54 Å². The molecule has 6 heteroatoms. The molecule has 4 aliphatic rings. The molecule has 0 spiro atoms. The zero-order valence-corrected chi connectivity index (χ0v) is 15.5. The van der Waals surface area contributed by atoms with E-state index in [1.807, 2.05) is 35.0 Å². The van der Waals surface area contributed by atoms with Crippen LogP contribution < -0.4 is 10.6 Å². The van der Waals surface area contributed by atoms with E-state index >= 15 is 0 Å². The summed E-state index contributed by atoms with van der Waals surface area (Å²) in [6.45, 7) is 0.418. The van der Waals surface area contributed by atoms with Crippen molar-refractivity contribution in [1.29, 1.82) is 0 Å². The van der Waals surface area contributed by atoms with Crippen LogP contribution in [0.3, 0.4) is 0 Å². The summed E-state index contributed by atoms with van der Waals surface area (Å²) in [4.78, 5) is 29.6. The van der Waals surface area contributed by atoms with E-state index in [-0.39, 0.29) is 23.8 Å². The van der Waals surface area contributed by atoms with Crippen LogP contribution >= 0.6 is 0 Å². The van der Waals surface area contributed by atoms with E-state index < -0.39 is 0 Å². The normalized spacial score (nSPS) is 31.2. The summed E-state index contributed by atoms with van der Waals surface area (Å²) >= 11 is 0. The lowest BCUT2D eigenvalue weighted by Gasteiger charge is -2.55. The lowest BCUT2D eigenvalue weighted by atomic mass is 9.49. The van der Waals surface area contributed by atoms with Crippen molar-refractivity contribution < 1.29 is 9.59 Å². The van der Waals surface area contributed by atoms with Gasteiger partial charge in [0.25, 0.3) is 0 Å². The Balaban J connectivity index is 1.14. The minimum atomic E-state index is -0.198. The third-order valence-corrected chi connectivity index (χ3v) is 6.81. The molecule has 2 N–H and O–H groups in total. The first kappa shape index (κ1) is 16.8. The van der Waals surface area contributed by atoms with Gasteiger partial charge in [0.1, 0.15) is 5.65 Å². The van der Waals surface area contributed by atoms with Gasteiger partial charge in [-0.05, 0) is 68.4 Å². The number of nitrogens with zero attached hydrogens (tertiary/aromatic N) is 2. The smallest absolute Gasteiger partial charge is 0.239 e. The zero-order valence-electron chi connectivity index (χ0n) is 15.5. The highest BCUT2D eigenvalue weighted by molar-refractivity contribution is 5.88. The Bertz CT molecular complexity index is 819. The van der Waals surface area contributed by atoms with E-state index in [4.69, 9.17) is 0 Å². The van der Waals surface area contributed by atoms with Crippen LogP contribution in [0.1, 0.15) is 44.2 Å². The first-order valence-corrected chi connectivity index (χ1v) is 10.1. The second-order valence-electron chi connectivity index (χ2n) is 8.86. The SMILES string of the molecule is O=C(CNC(=O)C12CC3CC(CC(C3)C1)C2)NCc1cn2ccccc2n1. The molecule has 2 aromatic rings. The number of pyridine rings is 1. The molecule has 0 aromatic carbocycles. The van der Waals surface area contributed by atoms with Gasteiger partial charge in [-0.15, -0.1) is 0 Å². The summed E-state index contributed by atoms with van der Waals surface area (Å²) in [6.07, 6.45) is 10.8. The summed E-state index contributed by atoms with van der Waals surface area (Å²) in [6, 6.07) is 5.80. The number of imidazole rings is 1. The van der Waals surface area contributed by atoms with Crippen molar-refractivity contribution in [2.24, 2.45) is 23.2 Å². The molecule has 0 unspecified atom stereocenters. The van der Waals surface area contributed by atoms with Gasteiger partial charge in [-0.3, -0.25) is 9.59 Å². The maximum Gasteiger partial charge on any atom is 0.239 e. The highest BCUT2D eigenvalue weighted by atomic mass is 16.2. The Hall–Kier alpha value is -2.37. The minimum Gasteiger partial charge on any atom is -0.349 e. The molecule has 4 saturated carbocycles. The van der Waals surface area contributed by atoms with Crippen LogP contribution in [0, 0.1) is 23.2 Å². The van der Waals surface area contributed by atoms with Crippen molar-refractivity contribution in [2.45, 2.75) is 45.1 Å². The second-order valence-corrected chi connectivity index (χ2v) is 8.86. The molecule has 0 aliphatic heterocycles. The lowest BCUT2D eigenvalue weighted by molar-refractivity contribution is -0.147. The molecule has 27 heavy (non-hydrogen) atoms. The Morgan fingerprint density at radius 1 is 1.07 bits per heavy atom. The predicted octanol–water partition coefficient (Wildman–Crippen LogP) is 2.28. The highest BCUT2D eigenvalue weighted by Crippen LogP contribution is 2.60. The Labute approximate surface area is 158 Å². The number of rotatable bonds is 5. The number of hydrogen-bond acceptors (Lipinski definition) is 3. The predicted molar refractivity (Wildman–Crippen MR) is 101 cm³/mol. The van der Waals surface area contributed by atoms with Crippen molar-refractivity contribution >= 4 is 17.5 Å². The number of amides is 2. The number of aromatic nitrogens is 2. The van der Waals surface area contributed by atoms with Crippen LogP contribution in [-0.2, 0) is 16.1 Å². The Morgan fingerprint density at radius 2 is 1.78 bits per heavy atom. The summed E-state index contributed by atoms with van der Waals surface area (Å²) in [7, 11) is 0. The molecule has 4 fully saturated rings. The lowest BCUT2D eigenvalue weighted by Crippen LogP contribution is -2.54. The standard InChI is InChI=1S/C21H26N4O2/c26-19(22-11-17-13-25-4-2-1-3-18(25)24-17)12-23-20(27)21-8-14-5-15(9-21)7-16(6-14)10-21/h1-4,13-16H,5-12H2,(H,22,26)(H,23,27). The van der Waals surface area contributed by atoms with Crippen LogP contribution in [-0.4, -0.2) is 27.7 Å². The summed E-state index contributed by atoms with van der Waals surface area (Å²) in [5.74, 6) is 2.12. The van der Waals surface area contributed by atoms with E-state index in [2.05, 4.69) is 15.6 Å². The van der Waals surface area contributed by atoms with Gasteiger partial charge in [-0.25, -0.2) is 4.98 Å². The molecule has 4 aliphatic carbocycles. The van der Waals surface area contributed by atoms with E-state index in [9.17, 15) is 9.59 Å². The van der Waals surface area contributed by atoms with Crippen molar-refractivity contribution in [3.63, 3.8) is 0 Å². The van der Waals surface area contributed by atoms with E-state index in [1.165, 1.54) is 19.3 Å². The topological polar surface area (TPSA) is 75.5 Å². The van der Waals surface area contributed by atoms with Crippen molar-refractivity contribution in [3.8, 4) is 0 Å². The fourth-order valence-corrected chi connectivity index (χ4v) is 6.06. The molecule has 142 valence electrons. The Kier molecular flexibility index (Phi) is 3.95. The minimum absolute atomic E-state index is 0.0496. The fourth-order valence-electron chi connectivity index (χ4n) is 6.06. The second kappa shape index (κ2) is 6.36. The first-order valence-electron chi connectivity index (χ1n) is 10.1. The van der Waals surface area contributed by atoms with Crippen LogP contribution in [0.15, 0.2) is 30.6 Å². The largest absolute Gasteiger partial charge is 0.349 e. The molecule has 6 nitrogen and oxygen atoms in total. The van der Waals surface area contributed by atoms with Crippen molar-refractivity contribution in [3.05, 3.63) is 36.3 Å². The van der Waals surface area contributed by atoms with Crippen LogP contribution in [0.5, 0.6) is 0 Å². The molecule has 0 radical (unpaired) electrons. The van der Waals surface area contributed by atoms with Gasteiger partial charge in [-0.1, -0.05) is 6.07 Å². The highest BCUT2D eigenvalue weighted by Gasteiger charge is 2.54. The molecule has 4 bridgehead atoms. The van der Waals surface area contributed by atoms with Crippen LogP contribution in [0.4, 0.5) is 0 Å². The molecule has 0 saturated heterocycles.